The van der Waals surface area contributed by atoms with Crippen molar-refractivity contribution in [1.29, 1.82) is 5.26 Å². The minimum atomic E-state index is -0.534. The van der Waals surface area contributed by atoms with Crippen LogP contribution in [-0.2, 0) is 0 Å². The lowest BCUT2D eigenvalue weighted by molar-refractivity contribution is 0.0946. The van der Waals surface area contributed by atoms with E-state index in [0.717, 1.165) is 4.47 Å². The second-order valence-electron chi connectivity index (χ2n) is 2.93. The molecule has 0 heterocycles. The maximum Gasteiger partial charge on any atom is 0.181 e. The molecule has 0 saturated heterocycles. The molecular weight excluding hydrogens is 242 g/mol. The van der Waals surface area contributed by atoms with Crippen molar-refractivity contribution >= 4 is 21.7 Å². The minimum absolute atomic E-state index is 0.109. The zero-order chi connectivity index (χ0) is 10.6. The SMILES string of the molecule is CCC(C#N)C(=O)c1ccccc1Br. The molecule has 0 spiro atoms. The summed E-state index contributed by atoms with van der Waals surface area (Å²) in [6.07, 6.45) is 0.552. The molecule has 0 fully saturated rings. The highest BCUT2D eigenvalue weighted by Gasteiger charge is 2.19. The van der Waals surface area contributed by atoms with Crippen LogP contribution in [0.3, 0.4) is 0 Å². The topological polar surface area (TPSA) is 40.9 Å². The summed E-state index contributed by atoms with van der Waals surface area (Å²) in [4.78, 5) is 11.8. The number of hydrogen-bond acceptors (Lipinski definition) is 2. The molecule has 1 unspecified atom stereocenters. The van der Waals surface area contributed by atoms with Crippen LogP contribution in [0.25, 0.3) is 0 Å². The lowest BCUT2D eigenvalue weighted by Crippen LogP contribution is -2.12. The van der Waals surface area contributed by atoms with Gasteiger partial charge in [-0.3, -0.25) is 4.79 Å². The molecule has 14 heavy (non-hydrogen) atoms. The molecule has 0 bridgehead atoms. The number of hydrogen-bond donors (Lipinski definition) is 0. The van der Waals surface area contributed by atoms with Crippen LogP contribution in [0, 0.1) is 17.2 Å². The molecular formula is C11H10BrNO. The fourth-order valence-electron chi connectivity index (χ4n) is 1.18. The van der Waals surface area contributed by atoms with Gasteiger partial charge in [-0.15, -0.1) is 0 Å². The summed E-state index contributed by atoms with van der Waals surface area (Å²) in [6.45, 7) is 1.84. The quantitative estimate of drug-likeness (QED) is 0.775. The van der Waals surface area contributed by atoms with Crippen molar-refractivity contribution in [3.63, 3.8) is 0 Å². The van der Waals surface area contributed by atoms with Gasteiger partial charge in [-0.05, 0) is 12.5 Å². The summed E-state index contributed by atoms with van der Waals surface area (Å²) in [5.41, 5.74) is 0.584. The largest absolute Gasteiger partial charge is 0.293 e. The van der Waals surface area contributed by atoms with E-state index in [9.17, 15) is 4.79 Å². The Morgan fingerprint density at radius 3 is 2.71 bits per heavy atom. The number of carbonyl (C=O) groups is 1. The number of nitrogens with zero attached hydrogens (tertiary/aromatic N) is 1. The van der Waals surface area contributed by atoms with Crippen molar-refractivity contribution in [3.8, 4) is 6.07 Å². The second-order valence-corrected chi connectivity index (χ2v) is 3.79. The first kappa shape index (κ1) is 10.9. The predicted octanol–water partition coefficient (Wildman–Crippen LogP) is 3.18. The van der Waals surface area contributed by atoms with E-state index in [1.54, 1.807) is 18.2 Å². The van der Waals surface area contributed by atoms with Crippen LogP contribution in [0.15, 0.2) is 28.7 Å². The standard InChI is InChI=1S/C11H10BrNO/c1-2-8(7-13)11(14)9-5-3-4-6-10(9)12/h3-6,8H,2H2,1H3. The Hall–Kier alpha value is -1.14. The van der Waals surface area contributed by atoms with E-state index in [4.69, 9.17) is 5.26 Å². The van der Waals surface area contributed by atoms with Gasteiger partial charge in [0.2, 0.25) is 0 Å². The van der Waals surface area contributed by atoms with Crippen molar-refractivity contribution in [2.24, 2.45) is 5.92 Å². The summed E-state index contributed by atoms with van der Waals surface area (Å²) >= 11 is 3.29. The molecule has 0 N–H and O–H groups in total. The zero-order valence-electron chi connectivity index (χ0n) is 7.83. The van der Waals surface area contributed by atoms with Gasteiger partial charge in [-0.2, -0.15) is 5.26 Å². The van der Waals surface area contributed by atoms with Gasteiger partial charge in [0, 0.05) is 10.0 Å². The van der Waals surface area contributed by atoms with Crippen LogP contribution in [0.4, 0.5) is 0 Å². The normalized spacial score (nSPS) is 11.8. The summed E-state index contributed by atoms with van der Waals surface area (Å²) in [7, 11) is 0. The second kappa shape index (κ2) is 4.92. The number of halogens is 1. The first-order valence-corrected chi connectivity index (χ1v) is 5.18. The Bertz CT molecular complexity index is 381. The number of nitriles is 1. The average molecular weight is 252 g/mol. The molecule has 1 aromatic carbocycles. The molecule has 1 aromatic rings. The number of rotatable bonds is 3. The summed E-state index contributed by atoms with van der Waals surface area (Å²) in [6, 6.07) is 9.17. The predicted molar refractivity (Wildman–Crippen MR) is 57.9 cm³/mol. The molecule has 72 valence electrons. The van der Waals surface area contributed by atoms with Gasteiger partial charge >= 0.3 is 0 Å². The number of Topliss-reactive ketones (excluding diaryl/α,β-unsaturated/α-hetero) is 1. The van der Waals surface area contributed by atoms with Crippen LogP contribution in [0.1, 0.15) is 23.7 Å². The molecule has 0 saturated carbocycles. The van der Waals surface area contributed by atoms with Crippen molar-refractivity contribution in [2.75, 3.05) is 0 Å². The molecule has 0 amide bonds. The highest BCUT2D eigenvalue weighted by Crippen LogP contribution is 2.20. The third-order valence-electron chi connectivity index (χ3n) is 2.02. The molecule has 3 heteroatoms. The molecule has 2 nitrogen and oxygen atoms in total. The van der Waals surface area contributed by atoms with Crippen molar-refractivity contribution in [2.45, 2.75) is 13.3 Å². The van der Waals surface area contributed by atoms with Gasteiger partial charge in [0.1, 0.15) is 5.92 Å². The van der Waals surface area contributed by atoms with Gasteiger partial charge in [0.15, 0.2) is 5.78 Å². The fourth-order valence-corrected chi connectivity index (χ4v) is 1.66. The zero-order valence-corrected chi connectivity index (χ0v) is 9.41. The third-order valence-corrected chi connectivity index (χ3v) is 2.71. The van der Waals surface area contributed by atoms with Crippen LogP contribution in [-0.4, -0.2) is 5.78 Å². The molecule has 0 radical (unpaired) electrons. The Labute approximate surface area is 91.7 Å². The van der Waals surface area contributed by atoms with E-state index in [1.165, 1.54) is 0 Å². The van der Waals surface area contributed by atoms with E-state index in [0.29, 0.717) is 12.0 Å². The monoisotopic (exact) mass is 251 g/mol. The number of ketones is 1. The smallest absolute Gasteiger partial charge is 0.181 e. The summed E-state index contributed by atoms with van der Waals surface area (Å²) < 4.78 is 0.749. The molecule has 0 aliphatic rings. The van der Waals surface area contributed by atoms with Crippen molar-refractivity contribution < 1.29 is 4.79 Å². The van der Waals surface area contributed by atoms with E-state index in [-0.39, 0.29) is 5.78 Å². The maximum atomic E-state index is 11.8. The molecule has 0 aliphatic carbocycles. The third kappa shape index (κ3) is 2.21. The highest BCUT2D eigenvalue weighted by molar-refractivity contribution is 9.10. The number of carbonyl (C=O) groups excluding carboxylic acids is 1. The Morgan fingerprint density at radius 2 is 2.21 bits per heavy atom. The lowest BCUT2D eigenvalue weighted by atomic mass is 9.97. The van der Waals surface area contributed by atoms with Crippen LogP contribution < -0.4 is 0 Å². The molecule has 0 aliphatic heterocycles. The van der Waals surface area contributed by atoms with E-state index >= 15 is 0 Å². The van der Waals surface area contributed by atoms with Gasteiger partial charge < -0.3 is 0 Å². The van der Waals surface area contributed by atoms with Gasteiger partial charge in [-0.25, -0.2) is 0 Å². The lowest BCUT2D eigenvalue weighted by Gasteiger charge is -2.06. The molecule has 1 atom stereocenters. The summed E-state index contributed by atoms with van der Waals surface area (Å²) in [5.74, 6) is -0.642. The van der Waals surface area contributed by atoms with Crippen molar-refractivity contribution in [1.82, 2.24) is 0 Å². The minimum Gasteiger partial charge on any atom is -0.293 e. The molecule has 1 rings (SSSR count). The van der Waals surface area contributed by atoms with Crippen LogP contribution in [0.5, 0.6) is 0 Å². The number of benzene rings is 1. The van der Waals surface area contributed by atoms with E-state index in [1.807, 2.05) is 19.1 Å². The first-order chi connectivity index (χ1) is 6.70. The Kier molecular flexibility index (Phi) is 3.84. The van der Waals surface area contributed by atoms with E-state index < -0.39 is 5.92 Å². The first-order valence-electron chi connectivity index (χ1n) is 4.39. The Morgan fingerprint density at radius 1 is 1.57 bits per heavy atom. The fraction of sp³-hybridized carbons (Fsp3) is 0.273. The van der Waals surface area contributed by atoms with Gasteiger partial charge in [0.05, 0.1) is 6.07 Å². The van der Waals surface area contributed by atoms with E-state index in [2.05, 4.69) is 15.9 Å². The van der Waals surface area contributed by atoms with Gasteiger partial charge in [-0.1, -0.05) is 41.1 Å². The molecule has 0 aromatic heterocycles. The maximum absolute atomic E-state index is 11.8. The highest BCUT2D eigenvalue weighted by atomic mass is 79.9. The van der Waals surface area contributed by atoms with Crippen LogP contribution >= 0.6 is 15.9 Å². The average Bonchev–Trinajstić information content (AvgIpc) is 2.20. The van der Waals surface area contributed by atoms with Crippen molar-refractivity contribution in [3.05, 3.63) is 34.3 Å². The van der Waals surface area contributed by atoms with Crippen LogP contribution in [0.2, 0.25) is 0 Å². The summed E-state index contributed by atoms with van der Waals surface area (Å²) in [5, 5.41) is 8.76. The van der Waals surface area contributed by atoms with Gasteiger partial charge in [0.25, 0.3) is 0 Å². The Balaban J connectivity index is 3.01.